The summed E-state index contributed by atoms with van der Waals surface area (Å²) < 4.78 is 11.1. The average Bonchev–Trinajstić information content (AvgIpc) is 2.85. The lowest BCUT2D eigenvalue weighted by Gasteiger charge is -2.29. The van der Waals surface area contributed by atoms with Crippen LogP contribution in [-0.2, 0) is 22.5 Å². The van der Waals surface area contributed by atoms with Gasteiger partial charge in [0, 0.05) is 36.2 Å². The van der Waals surface area contributed by atoms with Crippen molar-refractivity contribution in [3.8, 4) is 5.75 Å². The van der Waals surface area contributed by atoms with Crippen molar-refractivity contribution in [2.24, 2.45) is 0 Å². The minimum atomic E-state index is -0.934. The third-order valence-electron chi connectivity index (χ3n) is 6.05. The predicted octanol–water partition coefficient (Wildman–Crippen LogP) is 4.20. The van der Waals surface area contributed by atoms with Gasteiger partial charge in [0.1, 0.15) is 5.75 Å². The molecule has 1 N–H and O–H groups in total. The Labute approximate surface area is 193 Å². The highest BCUT2D eigenvalue weighted by Crippen LogP contribution is 2.29. The van der Waals surface area contributed by atoms with Gasteiger partial charge >= 0.3 is 5.97 Å². The first-order valence-corrected chi connectivity index (χ1v) is 11.3. The van der Waals surface area contributed by atoms with E-state index in [1.54, 1.807) is 25.3 Å². The summed E-state index contributed by atoms with van der Waals surface area (Å²) in [6.45, 7) is 6.35. The number of ether oxygens (including phenoxy) is 2. The molecule has 1 aliphatic rings. The van der Waals surface area contributed by atoms with Crippen LogP contribution < -0.4 is 10.1 Å². The number of nitrogens with one attached hydrogen (secondary N) is 1. The van der Waals surface area contributed by atoms with Gasteiger partial charge in [0.2, 0.25) is 0 Å². The molecule has 1 atom stereocenters. The van der Waals surface area contributed by atoms with E-state index >= 15 is 0 Å². The van der Waals surface area contributed by atoms with Crippen molar-refractivity contribution in [2.45, 2.75) is 39.3 Å². The Kier molecular flexibility index (Phi) is 6.89. The number of aromatic nitrogens is 1. The fourth-order valence-corrected chi connectivity index (χ4v) is 4.22. The van der Waals surface area contributed by atoms with E-state index < -0.39 is 18.0 Å². The molecule has 0 radical (unpaired) electrons. The first kappa shape index (κ1) is 22.7. The number of likely N-dealkylation sites (N-methyl/N-ethyl adjacent to an activating group) is 1. The summed E-state index contributed by atoms with van der Waals surface area (Å²) in [5.74, 6) is -0.344. The van der Waals surface area contributed by atoms with Crippen LogP contribution in [0.5, 0.6) is 5.75 Å². The molecule has 172 valence electrons. The lowest BCUT2D eigenvalue weighted by molar-refractivity contribution is -0.124. The minimum Gasteiger partial charge on any atom is -0.495 e. The van der Waals surface area contributed by atoms with Gasteiger partial charge in [-0.15, -0.1) is 0 Å². The summed E-state index contributed by atoms with van der Waals surface area (Å²) in [7, 11) is 1.54. The zero-order valence-electron chi connectivity index (χ0n) is 19.3. The van der Waals surface area contributed by atoms with Crippen molar-refractivity contribution in [3.63, 3.8) is 0 Å². The van der Waals surface area contributed by atoms with Crippen LogP contribution in [0.1, 0.15) is 41.9 Å². The van der Waals surface area contributed by atoms with E-state index in [0.29, 0.717) is 30.0 Å². The molecule has 0 spiro atoms. The largest absolute Gasteiger partial charge is 0.495 e. The SMILES string of the molecule is CCC(OC(=O)c1c2c(nc3ccccc13)CCN(CC)C2)C(=O)Nc1ccccc1OC. The van der Waals surface area contributed by atoms with Crippen LogP contribution in [0, 0.1) is 0 Å². The van der Waals surface area contributed by atoms with Gasteiger partial charge in [-0.25, -0.2) is 4.79 Å². The van der Waals surface area contributed by atoms with Crippen molar-refractivity contribution < 1.29 is 19.1 Å². The number of anilines is 1. The molecule has 0 aliphatic carbocycles. The first-order chi connectivity index (χ1) is 16.0. The molecule has 4 rings (SSSR count). The minimum absolute atomic E-state index is 0.346. The lowest BCUT2D eigenvalue weighted by atomic mass is 9.95. The van der Waals surface area contributed by atoms with Gasteiger partial charge in [0.05, 0.1) is 23.9 Å². The first-order valence-electron chi connectivity index (χ1n) is 11.3. The number of hydrogen-bond donors (Lipinski definition) is 1. The molecule has 1 unspecified atom stereocenters. The highest BCUT2D eigenvalue weighted by molar-refractivity contribution is 6.06. The van der Waals surface area contributed by atoms with Crippen LogP contribution in [0.25, 0.3) is 10.9 Å². The Morgan fingerprint density at radius 1 is 1.12 bits per heavy atom. The Balaban J connectivity index is 1.64. The highest BCUT2D eigenvalue weighted by atomic mass is 16.5. The molecule has 0 bridgehead atoms. The summed E-state index contributed by atoms with van der Waals surface area (Å²) in [6, 6.07) is 14.7. The molecule has 0 fully saturated rings. The van der Waals surface area contributed by atoms with Crippen LogP contribution in [0.2, 0.25) is 0 Å². The van der Waals surface area contributed by atoms with Crippen LogP contribution in [0.3, 0.4) is 0 Å². The van der Waals surface area contributed by atoms with Crippen molar-refractivity contribution in [1.29, 1.82) is 0 Å². The number of methoxy groups -OCH3 is 1. The Hall–Kier alpha value is -3.45. The number of nitrogens with zero attached hydrogens (tertiary/aromatic N) is 2. The summed E-state index contributed by atoms with van der Waals surface area (Å²) >= 11 is 0. The Bertz CT molecular complexity index is 1180. The molecule has 1 aliphatic heterocycles. The van der Waals surface area contributed by atoms with Gasteiger partial charge in [-0.1, -0.05) is 44.2 Å². The molecular weight excluding hydrogens is 418 g/mol. The second kappa shape index (κ2) is 10.0. The molecule has 2 heterocycles. The van der Waals surface area contributed by atoms with E-state index in [1.807, 2.05) is 37.3 Å². The standard InChI is InChI=1S/C26H29N3O4/c1-4-22(25(30)28-21-12-8-9-13-23(21)32-3)33-26(31)24-17-10-6-7-11-19(17)27-20-14-15-29(5-2)16-18(20)24/h6-13,22H,4-5,14-16H2,1-3H3,(H,28,30). The van der Waals surface area contributed by atoms with Crippen molar-refractivity contribution in [1.82, 2.24) is 9.88 Å². The monoisotopic (exact) mass is 447 g/mol. The Morgan fingerprint density at radius 3 is 2.64 bits per heavy atom. The van der Waals surface area contributed by atoms with Gasteiger partial charge in [-0.2, -0.15) is 0 Å². The Morgan fingerprint density at radius 2 is 1.88 bits per heavy atom. The fourth-order valence-electron chi connectivity index (χ4n) is 4.22. The van der Waals surface area contributed by atoms with Gasteiger partial charge in [0.15, 0.2) is 6.10 Å². The van der Waals surface area contributed by atoms with Gasteiger partial charge in [0.25, 0.3) is 5.91 Å². The summed E-state index contributed by atoms with van der Waals surface area (Å²) in [4.78, 5) is 33.6. The molecule has 33 heavy (non-hydrogen) atoms. The molecule has 1 amide bonds. The van der Waals surface area contributed by atoms with Gasteiger partial charge in [-0.05, 0) is 31.2 Å². The zero-order valence-corrected chi connectivity index (χ0v) is 19.3. The maximum Gasteiger partial charge on any atom is 0.340 e. The van der Waals surface area contributed by atoms with Crippen molar-refractivity contribution in [3.05, 3.63) is 65.4 Å². The molecule has 7 heteroatoms. The number of rotatable bonds is 7. The van der Waals surface area contributed by atoms with Gasteiger partial charge in [-0.3, -0.25) is 14.7 Å². The maximum atomic E-state index is 13.5. The van der Waals surface area contributed by atoms with E-state index in [9.17, 15) is 9.59 Å². The highest BCUT2D eigenvalue weighted by Gasteiger charge is 2.29. The van der Waals surface area contributed by atoms with E-state index in [2.05, 4.69) is 17.1 Å². The number of hydrogen-bond acceptors (Lipinski definition) is 6. The number of para-hydroxylation sites is 3. The molecule has 1 aromatic heterocycles. The smallest absolute Gasteiger partial charge is 0.340 e. The molecule has 0 saturated carbocycles. The van der Waals surface area contributed by atoms with Crippen LogP contribution >= 0.6 is 0 Å². The van der Waals surface area contributed by atoms with E-state index in [0.717, 1.165) is 41.7 Å². The topological polar surface area (TPSA) is 80.8 Å². The van der Waals surface area contributed by atoms with Crippen molar-refractivity contribution >= 4 is 28.5 Å². The quantitative estimate of drug-likeness (QED) is 0.547. The lowest BCUT2D eigenvalue weighted by Crippen LogP contribution is -2.35. The second-order valence-corrected chi connectivity index (χ2v) is 8.04. The van der Waals surface area contributed by atoms with E-state index in [1.165, 1.54) is 0 Å². The summed E-state index contributed by atoms with van der Waals surface area (Å²) in [5.41, 5.74) is 3.63. The number of esters is 1. The van der Waals surface area contributed by atoms with Crippen molar-refractivity contribution in [2.75, 3.05) is 25.5 Å². The van der Waals surface area contributed by atoms with Crippen LogP contribution in [0.4, 0.5) is 5.69 Å². The van der Waals surface area contributed by atoms with Crippen LogP contribution in [-0.4, -0.2) is 48.1 Å². The molecule has 2 aromatic carbocycles. The molecule has 3 aromatic rings. The molecule has 7 nitrogen and oxygen atoms in total. The normalized spacial score (nSPS) is 14.4. The number of carbonyl (C=O) groups is 2. The number of amides is 1. The van der Waals surface area contributed by atoms with E-state index in [-0.39, 0.29) is 0 Å². The third kappa shape index (κ3) is 4.68. The maximum absolute atomic E-state index is 13.5. The average molecular weight is 448 g/mol. The zero-order chi connectivity index (χ0) is 23.4. The van der Waals surface area contributed by atoms with Gasteiger partial charge < -0.3 is 14.8 Å². The number of pyridine rings is 1. The fraction of sp³-hybridized carbons (Fsp3) is 0.346. The molecule has 0 saturated heterocycles. The third-order valence-corrected chi connectivity index (χ3v) is 6.05. The number of fused-ring (bicyclic) bond motifs is 2. The molecular formula is C26H29N3O4. The van der Waals surface area contributed by atoms with E-state index in [4.69, 9.17) is 14.5 Å². The van der Waals surface area contributed by atoms with Crippen LogP contribution in [0.15, 0.2) is 48.5 Å². The predicted molar refractivity (Wildman–Crippen MR) is 128 cm³/mol. The second-order valence-electron chi connectivity index (χ2n) is 8.04. The summed E-state index contributed by atoms with van der Waals surface area (Å²) in [5, 5.41) is 3.57. The number of carbonyl (C=O) groups excluding carboxylic acids is 2. The summed E-state index contributed by atoms with van der Waals surface area (Å²) in [6.07, 6.45) is 0.189. The number of benzene rings is 2.